The van der Waals surface area contributed by atoms with Gasteiger partial charge in [0, 0.05) is 21.4 Å². The third-order valence-electron chi connectivity index (χ3n) is 3.60. The van der Waals surface area contributed by atoms with Crippen molar-refractivity contribution in [3.8, 4) is 5.69 Å². The van der Waals surface area contributed by atoms with E-state index in [1.807, 2.05) is 43.7 Å². The van der Waals surface area contributed by atoms with Gasteiger partial charge in [-0.2, -0.15) is 5.10 Å². The minimum absolute atomic E-state index is 0.00994. The summed E-state index contributed by atoms with van der Waals surface area (Å²) < 4.78 is 2.80. The maximum atomic E-state index is 12.0. The molecule has 110 valence electrons. The molecule has 2 heterocycles. The van der Waals surface area contributed by atoms with Gasteiger partial charge in [-0.1, -0.05) is 6.92 Å². The summed E-state index contributed by atoms with van der Waals surface area (Å²) in [5.74, 6) is -0.00994. The monoisotopic (exact) mass is 348 g/mol. The van der Waals surface area contributed by atoms with Gasteiger partial charge >= 0.3 is 0 Å². The molecule has 1 atom stereocenters. The van der Waals surface area contributed by atoms with Crippen LogP contribution < -0.4 is 10.6 Å². The Morgan fingerprint density at radius 1 is 1.38 bits per heavy atom. The maximum Gasteiger partial charge on any atom is 0.246 e. The molecule has 1 aromatic heterocycles. The summed E-state index contributed by atoms with van der Waals surface area (Å²) >= 11 is 3.60. The third-order valence-corrected chi connectivity index (χ3v) is 4.23. The highest BCUT2D eigenvalue weighted by atomic mass is 79.9. The smallest absolute Gasteiger partial charge is 0.246 e. The van der Waals surface area contributed by atoms with Gasteiger partial charge in [-0.15, -0.1) is 0 Å². The number of hydrogen-bond donors (Lipinski definition) is 2. The molecule has 0 saturated heterocycles. The second-order valence-electron chi connectivity index (χ2n) is 5.21. The lowest BCUT2D eigenvalue weighted by Gasteiger charge is -2.12. The fourth-order valence-corrected chi connectivity index (χ4v) is 3.24. The molecule has 0 saturated carbocycles. The number of hydrogen-bond acceptors (Lipinski definition) is 3. The molecule has 1 unspecified atom stereocenters. The highest BCUT2D eigenvalue weighted by Gasteiger charge is 2.31. The normalized spacial score (nSPS) is 17.0. The molecule has 0 radical (unpaired) electrons. The first-order chi connectivity index (χ1) is 10.0. The number of nitrogens with zero attached hydrogens (tertiary/aromatic N) is 2. The molecule has 1 amide bonds. The molecule has 0 spiro atoms. The number of halogens is 1. The quantitative estimate of drug-likeness (QED) is 0.896. The maximum absolute atomic E-state index is 12.0. The molecule has 1 aliphatic heterocycles. The predicted molar refractivity (Wildman–Crippen MR) is 85.8 cm³/mol. The zero-order chi connectivity index (χ0) is 15.1. The Morgan fingerprint density at radius 2 is 2.14 bits per heavy atom. The number of nitrogens with one attached hydrogen (secondary N) is 2. The first kappa shape index (κ1) is 14.3. The van der Waals surface area contributed by atoms with Crippen LogP contribution in [0.4, 0.5) is 5.69 Å². The molecular weight excluding hydrogens is 332 g/mol. The first-order valence-corrected chi connectivity index (χ1v) is 7.72. The number of fused-ring (bicyclic) bond motifs is 1. The number of carbonyl (C=O) groups is 1. The number of benzene rings is 1. The molecule has 1 aliphatic rings. The minimum atomic E-state index is -0.282. The van der Waals surface area contributed by atoms with Crippen LogP contribution in [0.15, 0.2) is 22.7 Å². The van der Waals surface area contributed by atoms with Crippen molar-refractivity contribution >= 4 is 27.5 Å². The van der Waals surface area contributed by atoms with E-state index in [0.29, 0.717) is 0 Å². The molecule has 5 nitrogen and oxygen atoms in total. The van der Waals surface area contributed by atoms with E-state index >= 15 is 0 Å². The van der Waals surface area contributed by atoms with E-state index < -0.39 is 0 Å². The van der Waals surface area contributed by atoms with Crippen molar-refractivity contribution in [2.24, 2.45) is 0 Å². The second-order valence-corrected chi connectivity index (χ2v) is 6.06. The van der Waals surface area contributed by atoms with Crippen molar-refractivity contribution in [1.82, 2.24) is 15.1 Å². The lowest BCUT2D eigenvalue weighted by atomic mass is 10.1. The predicted octanol–water partition coefficient (Wildman–Crippen LogP) is 2.85. The number of aryl methyl sites for hydroxylation is 2. The number of likely N-dealkylation sites (N-methyl/N-ethyl adjacent to an activating group) is 1. The van der Waals surface area contributed by atoms with Crippen LogP contribution in [0.5, 0.6) is 0 Å². The zero-order valence-electron chi connectivity index (χ0n) is 12.2. The summed E-state index contributed by atoms with van der Waals surface area (Å²) in [4.78, 5) is 12.0. The Labute approximate surface area is 131 Å². The van der Waals surface area contributed by atoms with Gasteiger partial charge in [-0.05, 0) is 54.5 Å². The molecule has 2 aromatic rings. The van der Waals surface area contributed by atoms with Crippen molar-refractivity contribution in [2.75, 3.05) is 11.9 Å². The Balaban J connectivity index is 2.10. The van der Waals surface area contributed by atoms with Crippen molar-refractivity contribution in [1.29, 1.82) is 0 Å². The Morgan fingerprint density at radius 3 is 2.76 bits per heavy atom. The van der Waals surface area contributed by atoms with E-state index in [0.717, 1.165) is 39.3 Å². The van der Waals surface area contributed by atoms with Gasteiger partial charge in [-0.3, -0.25) is 4.79 Å². The summed E-state index contributed by atoms with van der Waals surface area (Å²) in [5.41, 5.74) is 4.77. The van der Waals surface area contributed by atoms with Gasteiger partial charge in [-0.25, -0.2) is 4.68 Å². The molecule has 6 heteroatoms. The zero-order valence-corrected chi connectivity index (χ0v) is 13.8. The molecule has 1 aromatic carbocycles. The SMILES string of the molecule is CCNC1C(=O)Nc2cc(-n3nc(C)cc3C)c(Br)cc21. The van der Waals surface area contributed by atoms with Crippen LogP contribution >= 0.6 is 15.9 Å². The standard InChI is InChI=1S/C15H17BrN4O/c1-4-17-14-10-6-11(16)13(7-12(10)18-15(14)21)20-9(3)5-8(2)19-20/h5-7,14,17H,4H2,1-3H3,(H,18,21). The van der Waals surface area contributed by atoms with Crippen LogP contribution in [0.25, 0.3) is 5.69 Å². The molecule has 0 aliphatic carbocycles. The van der Waals surface area contributed by atoms with Crippen LogP contribution in [0, 0.1) is 13.8 Å². The van der Waals surface area contributed by atoms with E-state index in [2.05, 4.69) is 31.7 Å². The summed E-state index contributed by atoms with van der Waals surface area (Å²) in [6.45, 7) is 6.71. The van der Waals surface area contributed by atoms with Gasteiger partial charge in [0.15, 0.2) is 0 Å². The number of carbonyl (C=O) groups excluding carboxylic acids is 1. The van der Waals surface area contributed by atoms with Crippen LogP contribution in [-0.4, -0.2) is 22.2 Å². The van der Waals surface area contributed by atoms with Crippen molar-refractivity contribution in [2.45, 2.75) is 26.8 Å². The largest absolute Gasteiger partial charge is 0.324 e. The van der Waals surface area contributed by atoms with E-state index in [1.165, 1.54) is 0 Å². The van der Waals surface area contributed by atoms with Crippen LogP contribution in [0.3, 0.4) is 0 Å². The third kappa shape index (κ3) is 2.38. The summed E-state index contributed by atoms with van der Waals surface area (Å²) in [7, 11) is 0. The number of rotatable bonds is 3. The lowest BCUT2D eigenvalue weighted by Crippen LogP contribution is -2.27. The number of anilines is 1. The van der Waals surface area contributed by atoms with Gasteiger partial charge in [0.25, 0.3) is 0 Å². The van der Waals surface area contributed by atoms with Crippen LogP contribution in [0.2, 0.25) is 0 Å². The van der Waals surface area contributed by atoms with Gasteiger partial charge in [0.1, 0.15) is 6.04 Å². The fourth-order valence-electron chi connectivity index (χ4n) is 2.71. The molecule has 0 fully saturated rings. The van der Waals surface area contributed by atoms with Gasteiger partial charge < -0.3 is 10.6 Å². The van der Waals surface area contributed by atoms with Gasteiger partial charge in [0.05, 0.1) is 11.4 Å². The Hall–Kier alpha value is -1.66. The van der Waals surface area contributed by atoms with Gasteiger partial charge in [0.2, 0.25) is 5.91 Å². The van der Waals surface area contributed by atoms with Crippen molar-refractivity contribution < 1.29 is 4.79 Å². The molecule has 0 bridgehead atoms. The molecular formula is C15H17BrN4O. The lowest BCUT2D eigenvalue weighted by molar-refractivity contribution is -0.117. The van der Waals surface area contributed by atoms with Crippen LogP contribution in [0.1, 0.15) is 29.9 Å². The fraction of sp³-hybridized carbons (Fsp3) is 0.333. The molecule has 21 heavy (non-hydrogen) atoms. The summed E-state index contributed by atoms with van der Waals surface area (Å²) in [6.07, 6.45) is 0. The van der Waals surface area contributed by atoms with E-state index in [9.17, 15) is 4.79 Å². The Bertz CT molecular complexity index is 723. The number of aromatic nitrogens is 2. The topological polar surface area (TPSA) is 59.0 Å². The molecule has 3 rings (SSSR count). The molecule has 2 N–H and O–H groups in total. The average Bonchev–Trinajstić information content (AvgIpc) is 2.90. The van der Waals surface area contributed by atoms with Crippen LogP contribution in [-0.2, 0) is 4.79 Å². The minimum Gasteiger partial charge on any atom is -0.324 e. The van der Waals surface area contributed by atoms with E-state index in [4.69, 9.17) is 0 Å². The highest BCUT2D eigenvalue weighted by Crippen LogP contribution is 2.36. The van der Waals surface area contributed by atoms with E-state index in [-0.39, 0.29) is 11.9 Å². The summed E-state index contributed by atoms with van der Waals surface area (Å²) in [6, 6.07) is 5.70. The second kappa shape index (κ2) is 5.27. The van der Waals surface area contributed by atoms with Crippen molar-refractivity contribution in [3.63, 3.8) is 0 Å². The Kier molecular flexibility index (Phi) is 3.59. The highest BCUT2D eigenvalue weighted by molar-refractivity contribution is 9.10. The van der Waals surface area contributed by atoms with Crippen molar-refractivity contribution in [3.05, 3.63) is 39.6 Å². The van der Waals surface area contributed by atoms with E-state index in [1.54, 1.807) is 0 Å². The first-order valence-electron chi connectivity index (χ1n) is 6.92. The average molecular weight is 349 g/mol. The summed E-state index contributed by atoms with van der Waals surface area (Å²) in [5, 5.41) is 10.6. The number of amides is 1.